The number of amides is 1. The lowest BCUT2D eigenvalue weighted by Gasteiger charge is -2.33. The number of hydrogen-bond donors (Lipinski definition) is 1. The number of hydrogen-bond acceptors (Lipinski definition) is 6. The highest BCUT2D eigenvalue weighted by atomic mass is 35.5. The van der Waals surface area contributed by atoms with Crippen molar-refractivity contribution in [3.8, 4) is 0 Å². The monoisotopic (exact) mass is 420 g/mol. The van der Waals surface area contributed by atoms with E-state index >= 15 is 0 Å². The van der Waals surface area contributed by atoms with Crippen LogP contribution < -0.4 is 5.32 Å². The number of carbonyl (C=O) groups is 1. The highest BCUT2D eigenvalue weighted by Crippen LogP contribution is 2.21. The SMILES string of the molecule is CNCC1CCCN(C(=O)CN(C)S(=O)(=O)c2cccc([N+](=O)[O-])c2)C1.Cl. The Labute approximate surface area is 165 Å². The van der Waals surface area contributed by atoms with Gasteiger partial charge in [-0.15, -0.1) is 12.4 Å². The Bertz CT molecular complexity index is 772. The van der Waals surface area contributed by atoms with Crippen molar-refractivity contribution in [1.82, 2.24) is 14.5 Å². The zero-order chi connectivity index (χ0) is 19.3. The second-order valence-electron chi connectivity index (χ2n) is 6.42. The van der Waals surface area contributed by atoms with E-state index in [4.69, 9.17) is 0 Å². The molecule has 1 aromatic carbocycles. The quantitative estimate of drug-likeness (QED) is 0.522. The first-order valence-electron chi connectivity index (χ1n) is 8.39. The first kappa shape index (κ1) is 23.3. The van der Waals surface area contributed by atoms with Crippen LogP contribution in [0.2, 0.25) is 0 Å². The van der Waals surface area contributed by atoms with Crippen LogP contribution >= 0.6 is 12.4 Å². The number of rotatable bonds is 7. The largest absolute Gasteiger partial charge is 0.341 e. The number of likely N-dealkylation sites (tertiary alicyclic amines) is 1. The van der Waals surface area contributed by atoms with E-state index in [9.17, 15) is 23.3 Å². The molecule has 1 N–H and O–H groups in total. The first-order chi connectivity index (χ1) is 12.3. The third kappa shape index (κ3) is 5.86. The molecule has 0 bridgehead atoms. The van der Waals surface area contributed by atoms with Gasteiger partial charge in [0.15, 0.2) is 0 Å². The minimum absolute atomic E-state index is 0. The fourth-order valence-electron chi connectivity index (χ4n) is 3.06. The van der Waals surface area contributed by atoms with Gasteiger partial charge < -0.3 is 10.2 Å². The van der Waals surface area contributed by atoms with Crippen LogP contribution in [0, 0.1) is 16.0 Å². The van der Waals surface area contributed by atoms with Crippen molar-refractivity contribution in [1.29, 1.82) is 0 Å². The number of nitrogens with zero attached hydrogens (tertiary/aromatic N) is 3. The van der Waals surface area contributed by atoms with Gasteiger partial charge in [-0.1, -0.05) is 6.07 Å². The fourth-order valence-corrected chi connectivity index (χ4v) is 4.22. The number of nitrogens with one attached hydrogen (secondary N) is 1. The molecule has 11 heteroatoms. The van der Waals surface area contributed by atoms with E-state index < -0.39 is 14.9 Å². The summed E-state index contributed by atoms with van der Waals surface area (Å²) < 4.78 is 26.2. The maximum atomic E-state index is 12.6. The van der Waals surface area contributed by atoms with Crippen LogP contribution in [0.5, 0.6) is 0 Å². The lowest BCUT2D eigenvalue weighted by Crippen LogP contribution is -2.46. The molecular formula is C16H25ClN4O5S. The highest BCUT2D eigenvalue weighted by Gasteiger charge is 2.28. The van der Waals surface area contributed by atoms with E-state index in [1.54, 1.807) is 4.90 Å². The average Bonchev–Trinajstić information content (AvgIpc) is 2.62. The van der Waals surface area contributed by atoms with E-state index in [0.29, 0.717) is 19.0 Å². The average molecular weight is 421 g/mol. The molecule has 1 unspecified atom stereocenters. The molecule has 0 saturated carbocycles. The second-order valence-corrected chi connectivity index (χ2v) is 8.47. The maximum Gasteiger partial charge on any atom is 0.270 e. The van der Waals surface area contributed by atoms with Crippen molar-refractivity contribution < 1.29 is 18.1 Å². The molecule has 1 heterocycles. The number of halogens is 1. The molecule has 0 aromatic heterocycles. The number of sulfonamides is 1. The van der Waals surface area contributed by atoms with E-state index in [-0.39, 0.29) is 35.4 Å². The highest BCUT2D eigenvalue weighted by molar-refractivity contribution is 7.89. The Morgan fingerprint density at radius 1 is 1.44 bits per heavy atom. The predicted octanol–water partition coefficient (Wildman–Crippen LogP) is 1.10. The summed E-state index contributed by atoms with van der Waals surface area (Å²) in [6.07, 6.45) is 1.92. The standard InChI is InChI=1S/C16H24N4O5S.ClH/c1-17-10-13-5-4-8-19(11-13)16(21)12-18(2)26(24,25)15-7-3-6-14(9-15)20(22)23;/h3,6-7,9,13,17H,4-5,8,10-12H2,1-2H3;1H. The maximum absolute atomic E-state index is 12.6. The van der Waals surface area contributed by atoms with Gasteiger partial charge in [0.05, 0.1) is 16.4 Å². The minimum Gasteiger partial charge on any atom is -0.341 e. The van der Waals surface area contributed by atoms with Gasteiger partial charge in [-0.05, 0) is 38.4 Å². The van der Waals surface area contributed by atoms with Gasteiger partial charge in [0, 0.05) is 32.3 Å². The zero-order valence-corrected chi connectivity index (χ0v) is 17.0. The number of nitro benzene ring substituents is 1. The van der Waals surface area contributed by atoms with Crippen LogP contribution in [-0.4, -0.2) is 68.7 Å². The smallest absolute Gasteiger partial charge is 0.270 e. The van der Waals surface area contributed by atoms with Crippen molar-refractivity contribution in [3.63, 3.8) is 0 Å². The Morgan fingerprint density at radius 2 is 2.15 bits per heavy atom. The molecule has 1 aromatic rings. The molecule has 1 aliphatic rings. The summed E-state index contributed by atoms with van der Waals surface area (Å²) >= 11 is 0. The summed E-state index contributed by atoms with van der Waals surface area (Å²) in [4.78, 5) is 24.2. The number of piperidine rings is 1. The van der Waals surface area contributed by atoms with E-state index in [1.165, 1.54) is 25.2 Å². The molecule has 0 aliphatic carbocycles. The van der Waals surface area contributed by atoms with Crippen LogP contribution in [0.25, 0.3) is 0 Å². The molecule has 1 atom stereocenters. The molecule has 1 aliphatic heterocycles. The van der Waals surface area contributed by atoms with Gasteiger partial charge in [-0.3, -0.25) is 14.9 Å². The minimum atomic E-state index is -3.98. The van der Waals surface area contributed by atoms with E-state index in [0.717, 1.165) is 29.8 Å². The summed E-state index contributed by atoms with van der Waals surface area (Å²) in [7, 11) is -0.816. The van der Waals surface area contributed by atoms with Crippen LogP contribution in [0.15, 0.2) is 29.2 Å². The van der Waals surface area contributed by atoms with E-state index in [1.807, 2.05) is 7.05 Å². The normalized spacial score (nSPS) is 17.4. The van der Waals surface area contributed by atoms with Crippen molar-refractivity contribution in [2.45, 2.75) is 17.7 Å². The molecule has 9 nitrogen and oxygen atoms in total. The summed E-state index contributed by atoms with van der Waals surface area (Å²) in [5.74, 6) is 0.0960. The molecule has 0 spiro atoms. The van der Waals surface area contributed by atoms with Crippen LogP contribution in [0.3, 0.4) is 0 Å². The van der Waals surface area contributed by atoms with Crippen LogP contribution in [0.4, 0.5) is 5.69 Å². The van der Waals surface area contributed by atoms with Crippen LogP contribution in [0.1, 0.15) is 12.8 Å². The zero-order valence-electron chi connectivity index (χ0n) is 15.3. The molecule has 0 radical (unpaired) electrons. The number of benzene rings is 1. The Balaban J connectivity index is 0.00000364. The topological polar surface area (TPSA) is 113 Å². The summed E-state index contributed by atoms with van der Waals surface area (Å²) in [6.45, 7) is 1.73. The van der Waals surface area contributed by atoms with Crippen molar-refractivity contribution in [3.05, 3.63) is 34.4 Å². The summed E-state index contributed by atoms with van der Waals surface area (Å²) in [5.41, 5.74) is -0.309. The van der Waals surface area contributed by atoms with Gasteiger partial charge in [0.1, 0.15) is 0 Å². The van der Waals surface area contributed by atoms with Crippen molar-refractivity contribution in [2.24, 2.45) is 5.92 Å². The lowest BCUT2D eigenvalue weighted by molar-refractivity contribution is -0.385. The van der Waals surface area contributed by atoms with Gasteiger partial charge >= 0.3 is 0 Å². The van der Waals surface area contributed by atoms with Crippen LogP contribution in [-0.2, 0) is 14.8 Å². The molecular weight excluding hydrogens is 396 g/mol. The Kier molecular flexibility index (Phi) is 8.60. The van der Waals surface area contributed by atoms with Gasteiger partial charge in [-0.2, -0.15) is 4.31 Å². The Morgan fingerprint density at radius 3 is 2.78 bits per heavy atom. The van der Waals surface area contributed by atoms with Gasteiger partial charge in [0.25, 0.3) is 5.69 Å². The predicted molar refractivity (Wildman–Crippen MR) is 103 cm³/mol. The first-order valence-corrected chi connectivity index (χ1v) is 9.83. The van der Waals surface area contributed by atoms with Crippen molar-refractivity contribution in [2.75, 3.05) is 40.3 Å². The molecule has 2 rings (SSSR count). The third-order valence-electron chi connectivity index (χ3n) is 4.46. The lowest BCUT2D eigenvalue weighted by atomic mass is 9.98. The van der Waals surface area contributed by atoms with Gasteiger partial charge in [-0.25, -0.2) is 8.42 Å². The second kappa shape index (κ2) is 9.98. The van der Waals surface area contributed by atoms with Crippen molar-refractivity contribution >= 4 is 34.0 Å². The summed E-state index contributed by atoms with van der Waals surface area (Å²) in [6, 6.07) is 4.82. The molecule has 1 fully saturated rings. The molecule has 27 heavy (non-hydrogen) atoms. The molecule has 1 amide bonds. The number of carbonyl (C=O) groups excluding carboxylic acids is 1. The summed E-state index contributed by atoms with van der Waals surface area (Å²) in [5, 5.41) is 13.9. The molecule has 1 saturated heterocycles. The number of non-ortho nitro benzene ring substituents is 1. The van der Waals surface area contributed by atoms with Gasteiger partial charge in [0.2, 0.25) is 15.9 Å². The molecule has 152 valence electrons. The van der Waals surface area contributed by atoms with E-state index in [2.05, 4.69) is 5.32 Å². The third-order valence-corrected chi connectivity index (χ3v) is 6.26. The number of nitro groups is 1. The Hall–Kier alpha value is -1.75. The number of likely N-dealkylation sites (N-methyl/N-ethyl adjacent to an activating group) is 1. The fraction of sp³-hybridized carbons (Fsp3) is 0.562.